The fourth-order valence-electron chi connectivity index (χ4n) is 1.89. The molecule has 1 fully saturated rings. The van der Waals surface area contributed by atoms with Gasteiger partial charge in [0.05, 0.1) is 5.56 Å². The third-order valence-corrected chi connectivity index (χ3v) is 3.23. The summed E-state index contributed by atoms with van der Waals surface area (Å²) in [6.45, 7) is 1.83. The molecule has 0 aliphatic carbocycles. The molecule has 0 saturated carbocycles. The zero-order valence-corrected chi connectivity index (χ0v) is 10.8. The topological polar surface area (TPSA) is 70.1 Å². The van der Waals surface area contributed by atoms with Gasteiger partial charge < -0.3 is 9.64 Å². The highest BCUT2D eigenvalue weighted by atomic mass is 16.6. The molecule has 2 atom stereocenters. The monoisotopic (exact) mass is 264 g/mol. The Bertz CT molecular complexity index is 477. The lowest BCUT2D eigenvalue weighted by atomic mass is 10.1. The molecule has 1 aliphatic rings. The van der Waals surface area contributed by atoms with E-state index in [1.807, 2.05) is 6.92 Å². The summed E-state index contributed by atoms with van der Waals surface area (Å²) < 4.78 is 5.17. The van der Waals surface area contributed by atoms with E-state index in [1.165, 1.54) is 4.90 Å². The number of esters is 1. The molecule has 6 nitrogen and oxygen atoms in total. The first kappa shape index (κ1) is 13.4. The van der Waals surface area contributed by atoms with E-state index in [1.54, 1.807) is 37.4 Å². The summed E-state index contributed by atoms with van der Waals surface area (Å²) in [6.07, 6.45) is -0.594. The lowest BCUT2D eigenvalue weighted by Crippen LogP contribution is -2.56. The zero-order chi connectivity index (χ0) is 14.0. The third-order valence-electron chi connectivity index (χ3n) is 3.23. The van der Waals surface area contributed by atoms with Crippen molar-refractivity contribution in [2.75, 3.05) is 7.05 Å². The maximum absolute atomic E-state index is 11.9. The van der Waals surface area contributed by atoms with E-state index in [2.05, 4.69) is 0 Å². The largest absolute Gasteiger partial charge is 0.435 e. The van der Waals surface area contributed by atoms with Crippen LogP contribution in [0, 0.1) is 0 Å². The number of ether oxygens (including phenoxy) is 1. The summed E-state index contributed by atoms with van der Waals surface area (Å²) in [7, 11) is 1.59. The fraction of sp³-hybridized carbons (Fsp3) is 0.385. The molecule has 102 valence electrons. The second kappa shape index (κ2) is 5.27. The Morgan fingerprint density at radius 1 is 1.37 bits per heavy atom. The van der Waals surface area contributed by atoms with Crippen molar-refractivity contribution in [3.05, 3.63) is 35.9 Å². The van der Waals surface area contributed by atoms with Crippen LogP contribution in [-0.2, 0) is 4.74 Å². The van der Waals surface area contributed by atoms with Crippen molar-refractivity contribution in [2.45, 2.75) is 25.6 Å². The minimum atomic E-state index is -0.952. The van der Waals surface area contributed by atoms with Crippen LogP contribution in [0.4, 0.5) is 4.79 Å². The molecule has 1 saturated heterocycles. The molecule has 2 amide bonds. The van der Waals surface area contributed by atoms with Gasteiger partial charge in [-0.15, -0.1) is 0 Å². The predicted molar refractivity (Wildman–Crippen MR) is 66.5 cm³/mol. The van der Waals surface area contributed by atoms with Gasteiger partial charge in [0.2, 0.25) is 6.23 Å². The van der Waals surface area contributed by atoms with Gasteiger partial charge >= 0.3 is 12.0 Å². The minimum absolute atomic E-state index is 0.107. The van der Waals surface area contributed by atoms with Gasteiger partial charge in [-0.25, -0.2) is 9.59 Å². The summed E-state index contributed by atoms with van der Waals surface area (Å²) in [5.41, 5.74) is 0.384. The molecule has 0 radical (unpaired) electrons. The number of nitrogens with zero attached hydrogens (tertiary/aromatic N) is 2. The molecule has 1 aromatic carbocycles. The van der Waals surface area contributed by atoms with Gasteiger partial charge in [-0.05, 0) is 19.1 Å². The van der Waals surface area contributed by atoms with Gasteiger partial charge in [0.15, 0.2) is 0 Å². The number of amides is 2. The van der Waals surface area contributed by atoms with Crippen molar-refractivity contribution >= 4 is 12.0 Å². The first-order valence-electron chi connectivity index (χ1n) is 6.01. The van der Waals surface area contributed by atoms with E-state index in [9.17, 15) is 14.8 Å². The smallest absolute Gasteiger partial charge is 0.347 e. The van der Waals surface area contributed by atoms with E-state index in [0.717, 1.165) is 0 Å². The van der Waals surface area contributed by atoms with E-state index >= 15 is 0 Å². The Labute approximate surface area is 111 Å². The van der Waals surface area contributed by atoms with Crippen LogP contribution in [0.2, 0.25) is 0 Å². The summed E-state index contributed by atoms with van der Waals surface area (Å²) in [5.74, 6) is -0.561. The number of hydrogen-bond donors (Lipinski definition) is 1. The van der Waals surface area contributed by atoms with Crippen LogP contribution in [-0.4, -0.2) is 46.5 Å². The van der Waals surface area contributed by atoms with E-state index in [-0.39, 0.29) is 6.04 Å². The molecular formula is C13H16N2O4. The number of carbonyl (C=O) groups excluding carboxylic acids is 2. The lowest BCUT2D eigenvalue weighted by molar-refractivity contribution is -0.184. The Hall–Kier alpha value is -2.08. The maximum Gasteiger partial charge on any atom is 0.347 e. The Morgan fingerprint density at radius 3 is 2.63 bits per heavy atom. The van der Waals surface area contributed by atoms with E-state index < -0.39 is 18.2 Å². The molecule has 0 spiro atoms. The standard InChI is InChI=1S/C13H16N2O4/c1-9-8-11(15(18)13(17)14(9)2)19-12(16)10-6-4-3-5-7-10/h3-7,9,11,18H,8H2,1-2H3. The van der Waals surface area contributed by atoms with Crippen LogP contribution in [0.5, 0.6) is 0 Å². The highest BCUT2D eigenvalue weighted by molar-refractivity contribution is 5.89. The molecule has 1 heterocycles. The van der Waals surface area contributed by atoms with Crippen molar-refractivity contribution in [2.24, 2.45) is 0 Å². The second-order valence-electron chi connectivity index (χ2n) is 4.55. The van der Waals surface area contributed by atoms with Crippen molar-refractivity contribution in [3.8, 4) is 0 Å². The zero-order valence-electron chi connectivity index (χ0n) is 10.8. The quantitative estimate of drug-likeness (QED) is 0.652. The third kappa shape index (κ3) is 2.68. The van der Waals surface area contributed by atoms with E-state index in [4.69, 9.17) is 4.74 Å². The number of hydrogen-bond acceptors (Lipinski definition) is 4. The van der Waals surface area contributed by atoms with Crippen molar-refractivity contribution in [1.29, 1.82) is 0 Å². The maximum atomic E-state index is 11.9. The van der Waals surface area contributed by atoms with Crippen LogP contribution in [0.1, 0.15) is 23.7 Å². The van der Waals surface area contributed by atoms with Crippen LogP contribution in [0.15, 0.2) is 30.3 Å². The molecule has 2 unspecified atom stereocenters. The average Bonchev–Trinajstić information content (AvgIpc) is 2.43. The van der Waals surface area contributed by atoms with Crippen LogP contribution >= 0.6 is 0 Å². The highest BCUT2D eigenvalue weighted by Crippen LogP contribution is 2.20. The molecule has 1 aromatic rings. The summed E-state index contributed by atoms with van der Waals surface area (Å²) in [6, 6.07) is 7.77. The minimum Gasteiger partial charge on any atom is -0.435 e. The van der Waals surface area contributed by atoms with Gasteiger partial charge in [-0.2, -0.15) is 5.06 Å². The number of carbonyl (C=O) groups is 2. The first-order chi connectivity index (χ1) is 9.00. The lowest BCUT2D eigenvalue weighted by Gasteiger charge is -2.39. The van der Waals surface area contributed by atoms with Crippen molar-refractivity contribution in [1.82, 2.24) is 9.96 Å². The van der Waals surface area contributed by atoms with Crippen molar-refractivity contribution < 1.29 is 19.5 Å². The number of rotatable bonds is 2. The SMILES string of the molecule is CC1CC(OC(=O)c2ccccc2)N(O)C(=O)N1C. The first-order valence-corrected chi connectivity index (χ1v) is 6.01. The number of urea groups is 1. The number of benzene rings is 1. The molecule has 1 aliphatic heterocycles. The van der Waals surface area contributed by atoms with Gasteiger partial charge in [0.25, 0.3) is 0 Å². The Kier molecular flexibility index (Phi) is 3.71. The molecule has 19 heavy (non-hydrogen) atoms. The van der Waals surface area contributed by atoms with Gasteiger partial charge in [-0.3, -0.25) is 5.21 Å². The van der Waals surface area contributed by atoms with E-state index in [0.29, 0.717) is 17.0 Å². The Morgan fingerprint density at radius 2 is 2.00 bits per heavy atom. The predicted octanol–water partition coefficient (Wildman–Crippen LogP) is 1.70. The summed E-state index contributed by atoms with van der Waals surface area (Å²) in [4.78, 5) is 24.9. The molecule has 2 rings (SSSR count). The van der Waals surface area contributed by atoms with Gasteiger partial charge in [0.1, 0.15) is 0 Å². The molecule has 0 bridgehead atoms. The Balaban J connectivity index is 2.07. The summed E-state index contributed by atoms with van der Waals surface area (Å²) in [5, 5.41) is 10.1. The molecule has 1 N–H and O–H groups in total. The fourth-order valence-corrected chi connectivity index (χ4v) is 1.89. The average molecular weight is 264 g/mol. The van der Waals surface area contributed by atoms with Crippen LogP contribution < -0.4 is 0 Å². The summed E-state index contributed by atoms with van der Waals surface area (Å²) >= 11 is 0. The van der Waals surface area contributed by atoms with Crippen molar-refractivity contribution in [3.63, 3.8) is 0 Å². The molecular weight excluding hydrogens is 248 g/mol. The second-order valence-corrected chi connectivity index (χ2v) is 4.55. The van der Waals surface area contributed by atoms with Crippen LogP contribution in [0.3, 0.4) is 0 Å². The van der Waals surface area contributed by atoms with Gasteiger partial charge in [-0.1, -0.05) is 18.2 Å². The normalized spacial score (nSPS) is 23.4. The number of hydroxylamine groups is 2. The highest BCUT2D eigenvalue weighted by Gasteiger charge is 2.37. The molecule has 0 aromatic heterocycles. The molecule has 6 heteroatoms. The van der Waals surface area contributed by atoms with Crippen LogP contribution in [0.25, 0.3) is 0 Å². The van der Waals surface area contributed by atoms with Gasteiger partial charge in [0, 0.05) is 19.5 Å².